The molecule has 0 spiro atoms. The van der Waals surface area contributed by atoms with Crippen LogP contribution in [0.4, 0.5) is 11.4 Å². The number of anilines is 2. The Morgan fingerprint density at radius 2 is 1.58 bits per heavy atom. The highest BCUT2D eigenvalue weighted by atomic mass is 35.5. The van der Waals surface area contributed by atoms with Crippen LogP contribution in [0.25, 0.3) is 0 Å². The van der Waals surface area contributed by atoms with Gasteiger partial charge in [0.2, 0.25) is 10.9 Å². The molecule has 0 atom stereocenters. The van der Waals surface area contributed by atoms with Crippen molar-refractivity contribution in [2.24, 2.45) is 10.2 Å². The molecule has 38 heavy (non-hydrogen) atoms. The highest BCUT2D eigenvalue weighted by molar-refractivity contribution is 7.91. The van der Waals surface area contributed by atoms with Crippen molar-refractivity contribution in [3.63, 3.8) is 0 Å². The smallest absolute Gasteiger partial charge is 0.338 e. The van der Waals surface area contributed by atoms with E-state index in [1.807, 2.05) is 6.92 Å². The summed E-state index contributed by atoms with van der Waals surface area (Å²) in [4.78, 5) is 35.7. The molecule has 13 nitrogen and oxygen atoms in total. The highest BCUT2D eigenvalue weighted by Gasteiger charge is 2.22. The molecule has 0 fully saturated rings. The van der Waals surface area contributed by atoms with Crippen LogP contribution in [0.5, 0.6) is 0 Å². The third-order valence-corrected chi connectivity index (χ3v) is 8.02. The minimum absolute atomic E-state index is 0.268. The molecule has 0 saturated carbocycles. The van der Waals surface area contributed by atoms with Gasteiger partial charge in [-0.25, -0.2) is 13.2 Å². The number of carbonyl (C=O) groups is 1. The number of carboxylic acid groups (broad SMARTS) is 1. The number of benzene rings is 3. The Bertz CT molecular complexity index is 1850. The van der Waals surface area contributed by atoms with E-state index in [0.29, 0.717) is 17.8 Å². The van der Waals surface area contributed by atoms with Crippen LogP contribution < -0.4 is 32.4 Å². The van der Waals surface area contributed by atoms with Gasteiger partial charge in [0.05, 0.1) is 27.6 Å². The van der Waals surface area contributed by atoms with Gasteiger partial charge in [-0.3, -0.25) is 25.0 Å². The lowest BCUT2D eigenvalue weighted by atomic mass is 10.2. The molecule has 0 aliphatic heterocycles. The van der Waals surface area contributed by atoms with Gasteiger partial charge in [-0.1, -0.05) is 17.7 Å². The molecule has 3 aromatic rings. The summed E-state index contributed by atoms with van der Waals surface area (Å²) in [6, 6.07) is 9.93. The van der Waals surface area contributed by atoms with E-state index in [1.165, 1.54) is 0 Å². The second-order valence-electron chi connectivity index (χ2n) is 7.71. The van der Waals surface area contributed by atoms with Crippen molar-refractivity contribution in [3.05, 3.63) is 90.8 Å². The van der Waals surface area contributed by atoms with Gasteiger partial charge in [0.1, 0.15) is 10.3 Å². The molecule has 0 unspecified atom stereocenters. The first kappa shape index (κ1) is 28.6. The maximum Gasteiger partial charge on any atom is 0.338 e. The maximum atomic E-state index is 13.0. The zero-order chi connectivity index (χ0) is 28.3. The molecule has 200 valence electrons. The average Bonchev–Trinajstić information content (AvgIpc) is 2.83. The third-order valence-electron chi connectivity index (χ3n) is 5.00. The van der Waals surface area contributed by atoms with Crippen molar-refractivity contribution in [2.75, 3.05) is 22.5 Å². The Labute approximate surface area is 220 Å². The fourth-order valence-electron chi connectivity index (χ4n) is 3.08. The van der Waals surface area contributed by atoms with E-state index >= 15 is 0 Å². The number of carboxylic acids is 1. The van der Waals surface area contributed by atoms with E-state index in [2.05, 4.69) is 21.1 Å². The highest BCUT2D eigenvalue weighted by Crippen LogP contribution is 2.25. The van der Waals surface area contributed by atoms with Crippen molar-refractivity contribution in [2.45, 2.75) is 16.7 Å². The molecule has 0 aliphatic rings. The number of halogens is 1. The molecular weight excluding hydrogens is 564 g/mol. The summed E-state index contributed by atoms with van der Waals surface area (Å²) in [6.45, 7) is 1.84. The molecular formula is C22H19ClN4O9S2. The lowest BCUT2D eigenvalue weighted by molar-refractivity contribution is 0.0694. The van der Waals surface area contributed by atoms with E-state index in [9.17, 15) is 40.9 Å². The molecule has 0 bridgehead atoms. The predicted octanol–water partition coefficient (Wildman–Crippen LogP) is 0.404. The van der Waals surface area contributed by atoms with E-state index in [4.69, 9.17) is 11.6 Å². The van der Waals surface area contributed by atoms with E-state index in [0.717, 1.165) is 17.7 Å². The van der Waals surface area contributed by atoms with Crippen LogP contribution in [0, 0.1) is 6.92 Å². The Hall–Kier alpha value is -3.92. The molecule has 3 rings (SSSR count). The van der Waals surface area contributed by atoms with Gasteiger partial charge in [0, 0.05) is 11.9 Å². The summed E-state index contributed by atoms with van der Waals surface area (Å²) < 4.78 is 57.9. The Balaban J connectivity index is 2.16. The molecule has 4 N–H and O–H groups in total. The van der Waals surface area contributed by atoms with Gasteiger partial charge < -0.3 is 5.11 Å². The Morgan fingerprint density at radius 1 is 0.947 bits per heavy atom. The minimum Gasteiger partial charge on any atom is -0.478 e. The molecule has 0 radical (unpaired) electrons. The zero-order valence-corrected chi connectivity index (χ0v) is 21.8. The third kappa shape index (κ3) is 6.49. The number of aryl methyl sites for hydroxylation is 1. The lowest BCUT2D eigenvalue weighted by Gasteiger charge is -2.09. The van der Waals surface area contributed by atoms with Crippen LogP contribution >= 0.6 is 11.6 Å². The standard InChI is InChI=1S/C22H19ClN4O9S2/c1-12-2-4-13(5-3-12)24-26-19-15(22(30)31)11-17(28)20(21(19)29)27-25-16-7-6-14(37(32,33)9-8-23)10-18(16)38(34,35)36/h2-7,10-11,24-25H,8-9H2,1H3,(H,30,31)(H,34,35,36)/b26-19-,27-20+. The molecule has 0 amide bonds. The number of sulfone groups is 1. The average molecular weight is 583 g/mol. The van der Waals surface area contributed by atoms with Crippen molar-refractivity contribution < 1.29 is 31.3 Å². The summed E-state index contributed by atoms with van der Waals surface area (Å²) in [5.41, 5.74) is 2.51. The van der Waals surface area contributed by atoms with Crippen LogP contribution in [-0.4, -0.2) is 44.1 Å². The van der Waals surface area contributed by atoms with Crippen LogP contribution in [0.3, 0.4) is 0 Å². The maximum absolute atomic E-state index is 13.0. The first-order valence-electron chi connectivity index (χ1n) is 10.4. The first-order chi connectivity index (χ1) is 17.7. The second-order valence-corrected chi connectivity index (χ2v) is 11.6. The minimum atomic E-state index is -5.01. The van der Waals surface area contributed by atoms with Crippen LogP contribution in [0.1, 0.15) is 15.9 Å². The molecule has 0 saturated heterocycles. The van der Waals surface area contributed by atoms with Crippen molar-refractivity contribution >= 4 is 48.9 Å². The predicted molar refractivity (Wildman–Crippen MR) is 137 cm³/mol. The summed E-state index contributed by atoms with van der Waals surface area (Å²) in [6.07, 6.45) is 0. The number of hydrogen-bond acceptors (Lipinski definition) is 11. The molecule has 3 aromatic carbocycles. The fourth-order valence-corrected chi connectivity index (χ4v) is 5.44. The van der Waals surface area contributed by atoms with Crippen molar-refractivity contribution in [3.8, 4) is 0 Å². The van der Waals surface area contributed by atoms with E-state index in [1.54, 1.807) is 24.3 Å². The van der Waals surface area contributed by atoms with E-state index < -0.39 is 74.3 Å². The quantitative estimate of drug-likeness (QED) is 0.154. The van der Waals surface area contributed by atoms with Gasteiger partial charge >= 0.3 is 5.97 Å². The largest absolute Gasteiger partial charge is 0.478 e. The zero-order valence-electron chi connectivity index (χ0n) is 19.4. The van der Waals surface area contributed by atoms with Crippen molar-refractivity contribution in [1.82, 2.24) is 0 Å². The monoisotopic (exact) mass is 582 g/mol. The Morgan fingerprint density at radius 3 is 2.16 bits per heavy atom. The second kappa shape index (κ2) is 11.2. The topological polar surface area (TPSA) is 209 Å². The van der Waals surface area contributed by atoms with Crippen LogP contribution in [0.15, 0.2) is 78.1 Å². The van der Waals surface area contributed by atoms with Gasteiger partial charge in [-0.15, -0.1) is 11.6 Å². The molecule has 0 heterocycles. The van der Waals surface area contributed by atoms with Crippen LogP contribution in [0.2, 0.25) is 0 Å². The number of alkyl halides is 1. The van der Waals surface area contributed by atoms with E-state index in [-0.39, 0.29) is 5.88 Å². The Kier molecular flexibility index (Phi) is 8.46. The normalized spacial score (nSPS) is 12.9. The number of aromatic carboxylic acids is 1. The van der Waals surface area contributed by atoms with Gasteiger partial charge in [-0.2, -0.15) is 18.6 Å². The first-order valence-corrected chi connectivity index (χ1v) is 14.1. The molecule has 0 aromatic heterocycles. The SMILES string of the molecule is Cc1ccc(N/N=c2/c(C(=O)O)cc(=O)/c(=N\Nc3ccc(S(=O)(=O)CCCl)cc3S(=O)(=O)O)c2=O)cc1. The van der Waals surface area contributed by atoms with Gasteiger partial charge in [0.15, 0.2) is 15.2 Å². The number of nitrogens with one attached hydrogen (secondary N) is 2. The fraction of sp³-hybridized carbons (Fsp3) is 0.136. The molecule has 0 aliphatic carbocycles. The number of hydrogen-bond donors (Lipinski definition) is 4. The van der Waals surface area contributed by atoms with Crippen molar-refractivity contribution in [1.29, 1.82) is 0 Å². The molecule has 16 heteroatoms. The summed E-state index contributed by atoms with van der Waals surface area (Å²) >= 11 is 5.47. The summed E-state index contributed by atoms with van der Waals surface area (Å²) in [5.74, 6) is -2.38. The summed E-state index contributed by atoms with van der Waals surface area (Å²) in [7, 11) is -8.99. The van der Waals surface area contributed by atoms with Crippen LogP contribution in [-0.2, 0) is 20.0 Å². The number of nitrogens with zero attached hydrogens (tertiary/aromatic N) is 2. The van der Waals surface area contributed by atoms with Gasteiger partial charge in [0.25, 0.3) is 10.1 Å². The lowest BCUT2D eigenvalue weighted by Crippen LogP contribution is -2.50. The summed E-state index contributed by atoms with van der Waals surface area (Å²) in [5, 5.41) is 15.4. The van der Waals surface area contributed by atoms with Gasteiger partial charge in [-0.05, 0) is 37.3 Å². The number of rotatable bonds is 9.